The summed E-state index contributed by atoms with van der Waals surface area (Å²) in [5.41, 5.74) is 13.7. The van der Waals surface area contributed by atoms with Gasteiger partial charge in [-0.2, -0.15) is 0 Å². The Bertz CT molecular complexity index is 2360. The van der Waals surface area contributed by atoms with Crippen LogP contribution in [0.25, 0.3) is 33.1 Å². The summed E-state index contributed by atoms with van der Waals surface area (Å²) in [5.74, 6) is -1.93. The summed E-state index contributed by atoms with van der Waals surface area (Å²) in [4.78, 5) is 63.9. The number of aromatic nitrogens is 6. The van der Waals surface area contributed by atoms with Crippen molar-refractivity contribution < 1.29 is 9.59 Å². The zero-order valence-corrected chi connectivity index (χ0v) is 27.7. The molecule has 0 saturated carbocycles. The van der Waals surface area contributed by atoms with E-state index in [1.807, 2.05) is 76.2 Å². The number of hydrogen-bond acceptors (Lipinski definition) is 6. The lowest BCUT2D eigenvalue weighted by Gasteiger charge is -2.30. The minimum Gasteiger partial charge on any atom is -0.370 e. The van der Waals surface area contributed by atoms with Gasteiger partial charge in [0.1, 0.15) is 22.7 Å². The van der Waals surface area contributed by atoms with E-state index >= 15 is 0 Å². The summed E-state index contributed by atoms with van der Waals surface area (Å²) >= 11 is 0. The van der Waals surface area contributed by atoms with Gasteiger partial charge < -0.3 is 20.6 Å². The van der Waals surface area contributed by atoms with Crippen molar-refractivity contribution in [2.45, 2.75) is 78.8 Å². The van der Waals surface area contributed by atoms with Crippen molar-refractivity contribution in [2.24, 2.45) is 16.9 Å². The van der Waals surface area contributed by atoms with Crippen molar-refractivity contribution in [1.29, 1.82) is 0 Å². The first kappa shape index (κ1) is 31.7. The van der Waals surface area contributed by atoms with E-state index in [1.165, 1.54) is 6.20 Å². The highest BCUT2D eigenvalue weighted by Gasteiger charge is 2.44. The lowest BCUT2D eigenvalue weighted by Crippen LogP contribution is -2.39. The molecule has 0 aliphatic carbocycles. The van der Waals surface area contributed by atoms with E-state index in [1.54, 1.807) is 38.7 Å². The van der Waals surface area contributed by atoms with Gasteiger partial charge in [-0.3, -0.25) is 28.0 Å². The van der Waals surface area contributed by atoms with Crippen LogP contribution in [-0.4, -0.2) is 39.7 Å². The molecule has 4 heterocycles. The summed E-state index contributed by atoms with van der Waals surface area (Å²) in [7, 11) is 0. The number of hydrogen-bond donors (Lipinski definition) is 2. The second-order valence-electron chi connectivity index (χ2n) is 13.5. The number of carbonyl (C=O) groups is 2. The monoisotopic (exact) mass is 636 g/mol. The molecule has 2 aromatic carbocycles. The Hall–Kier alpha value is -5.26. The van der Waals surface area contributed by atoms with Gasteiger partial charge in [0, 0.05) is 24.4 Å². The van der Waals surface area contributed by atoms with E-state index in [-0.39, 0.29) is 35.1 Å². The van der Waals surface area contributed by atoms with Crippen LogP contribution in [0.5, 0.6) is 0 Å². The molecular formula is C35H40N8O4. The molecule has 6 aromatic rings. The van der Waals surface area contributed by atoms with Crippen LogP contribution in [0.2, 0.25) is 0 Å². The van der Waals surface area contributed by atoms with Gasteiger partial charge in [-0.15, -0.1) is 0 Å². The Kier molecular flexibility index (Phi) is 7.57. The molecule has 12 nitrogen and oxygen atoms in total. The number of para-hydroxylation sites is 4. The van der Waals surface area contributed by atoms with Gasteiger partial charge in [0.25, 0.3) is 11.1 Å². The molecule has 0 radical (unpaired) electrons. The van der Waals surface area contributed by atoms with Crippen LogP contribution in [0.3, 0.4) is 0 Å². The lowest BCUT2D eigenvalue weighted by atomic mass is 9.76. The van der Waals surface area contributed by atoms with Crippen LogP contribution >= 0.6 is 0 Å². The zero-order valence-electron chi connectivity index (χ0n) is 27.7. The highest BCUT2D eigenvalue weighted by molar-refractivity contribution is 5.85. The molecule has 2 atom stereocenters. The van der Waals surface area contributed by atoms with Crippen molar-refractivity contribution >= 4 is 44.9 Å². The number of fused-ring (bicyclic) bond motifs is 6. The molecule has 2 amide bonds. The Morgan fingerprint density at radius 1 is 0.745 bits per heavy atom. The smallest absolute Gasteiger partial charge is 0.277 e. The van der Waals surface area contributed by atoms with Crippen LogP contribution < -0.4 is 22.6 Å². The van der Waals surface area contributed by atoms with Gasteiger partial charge in [0.05, 0.1) is 45.3 Å². The molecule has 0 bridgehead atoms. The normalized spacial score (nSPS) is 13.8. The van der Waals surface area contributed by atoms with Crippen LogP contribution in [0.1, 0.15) is 96.1 Å². The number of imidazole rings is 2. The van der Waals surface area contributed by atoms with E-state index in [9.17, 15) is 19.2 Å². The maximum absolute atomic E-state index is 14.5. The minimum atomic E-state index is -1.32. The van der Waals surface area contributed by atoms with Gasteiger partial charge in [-0.25, -0.2) is 9.97 Å². The van der Waals surface area contributed by atoms with Gasteiger partial charge >= 0.3 is 0 Å². The molecule has 0 saturated heterocycles. The van der Waals surface area contributed by atoms with Gasteiger partial charge in [-0.1, -0.05) is 31.2 Å². The zero-order chi connectivity index (χ0) is 34.1. The highest BCUT2D eigenvalue weighted by atomic mass is 16.2. The number of amides is 2. The number of rotatable bonds is 9. The van der Waals surface area contributed by atoms with Crippen LogP contribution in [0.15, 0.2) is 64.3 Å². The minimum absolute atomic E-state index is 0.0460. The molecule has 47 heavy (non-hydrogen) atoms. The van der Waals surface area contributed by atoms with E-state index in [0.717, 1.165) is 0 Å². The average Bonchev–Trinajstić information content (AvgIpc) is 3.61. The predicted octanol–water partition coefficient (Wildman–Crippen LogP) is 4.40. The predicted molar refractivity (Wildman–Crippen MR) is 182 cm³/mol. The Labute approximate surface area is 270 Å². The number of benzene rings is 2. The molecule has 2 unspecified atom stereocenters. The fourth-order valence-corrected chi connectivity index (χ4v) is 6.91. The van der Waals surface area contributed by atoms with Crippen LogP contribution in [0.4, 0.5) is 0 Å². The standard InChI is InChI=1S/C35H40N8O4/c1-18(2)40-21-12-8-10-14-23(21)42-25(32(40)45)17-38-30(42)27(35(6,7)34(37)47)31-39-28(20(5)16-26(36)44)29-33(46)41(19(3)4)22-13-9-11-15-24(22)43(29)31/h8-15,17-20,27H,16H2,1-7H3,(H2,36,44)(H2,37,47). The lowest BCUT2D eigenvalue weighted by molar-refractivity contribution is -0.126. The SMILES string of the molecule is CC(CC(N)=O)c1nc(C(c2ncc3c(=O)n(C(C)C)c4ccccc4n23)C(C)(C)C(N)=O)n2c1c(=O)n(C(C)C)c1ccccc12. The third kappa shape index (κ3) is 4.73. The van der Waals surface area contributed by atoms with Crippen molar-refractivity contribution in [3.05, 3.63) is 92.8 Å². The number of nitrogens with two attached hydrogens (primary N) is 2. The molecule has 6 rings (SSSR count). The first-order valence-corrected chi connectivity index (χ1v) is 15.8. The first-order chi connectivity index (χ1) is 22.2. The Morgan fingerprint density at radius 2 is 1.26 bits per heavy atom. The fourth-order valence-electron chi connectivity index (χ4n) is 6.91. The van der Waals surface area contributed by atoms with E-state index in [0.29, 0.717) is 44.9 Å². The summed E-state index contributed by atoms with van der Waals surface area (Å²) in [6, 6.07) is 14.7. The van der Waals surface area contributed by atoms with Gasteiger partial charge in [0.15, 0.2) is 0 Å². The van der Waals surface area contributed by atoms with Gasteiger partial charge in [0.2, 0.25) is 11.8 Å². The van der Waals surface area contributed by atoms with E-state index < -0.39 is 29.1 Å². The van der Waals surface area contributed by atoms with Crippen molar-refractivity contribution in [1.82, 2.24) is 27.9 Å². The van der Waals surface area contributed by atoms with Crippen LogP contribution in [0, 0.1) is 5.41 Å². The molecular weight excluding hydrogens is 596 g/mol. The molecule has 0 aliphatic heterocycles. The Morgan fingerprint density at radius 3 is 1.77 bits per heavy atom. The highest BCUT2D eigenvalue weighted by Crippen LogP contribution is 2.42. The average molecular weight is 637 g/mol. The summed E-state index contributed by atoms with van der Waals surface area (Å²) in [6.45, 7) is 13.0. The summed E-state index contributed by atoms with van der Waals surface area (Å²) in [5, 5.41) is 0. The molecule has 4 N–H and O–H groups in total. The molecule has 12 heteroatoms. The number of nitrogens with zero attached hydrogens (tertiary/aromatic N) is 6. The topological polar surface area (TPSA) is 165 Å². The van der Waals surface area contributed by atoms with Gasteiger partial charge in [-0.05, 0) is 65.8 Å². The van der Waals surface area contributed by atoms with E-state index in [2.05, 4.69) is 0 Å². The van der Waals surface area contributed by atoms with Crippen molar-refractivity contribution in [3.63, 3.8) is 0 Å². The molecule has 4 aromatic heterocycles. The first-order valence-electron chi connectivity index (χ1n) is 15.8. The maximum Gasteiger partial charge on any atom is 0.277 e. The Balaban J connectivity index is 1.84. The quantitative estimate of drug-likeness (QED) is 0.239. The number of carbonyl (C=O) groups excluding carboxylic acids is 2. The molecule has 0 aliphatic rings. The number of primary amides is 2. The summed E-state index contributed by atoms with van der Waals surface area (Å²) < 4.78 is 6.98. The maximum atomic E-state index is 14.5. The third-order valence-corrected chi connectivity index (χ3v) is 9.22. The second kappa shape index (κ2) is 11.2. The van der Waals surface area contributed by atoms with E-state index in [4.69, 9.17) is 21.4 Å². The summed E-state index contributed by atoms with van der Waals surface area (Å²) in [6.07, 6.45) is 1.47. The second-order valence-corrected chi connectivity index (χ2v) is 13.5. The molecule has 0 spiro atoms. The fraction of sp³-hybridized carbons (Fsp3) is 0.371. The van der Waals surface area contributed by atoms with Crippen molar-refractivity contribution in [2.75, 3.05) is 0 Å². The largest absolute Gasteiger partial charge is 0.370 e. The van der Waals surface area contributed by atoms with Crippen molar-refractivity contribution in [3.8, 4) is 0 Å². The van der Waals surface area contributed by atoms with Crippen LogP contribution in [-0.2, 0) is 9.59 Å². The molecule has 0 fully saturated rings. The molecule has 244 valence electrons. The third-order valence-electron chi connectivity index (χ3n) is 9.22.